The van der Waals surface area contributed by atoms with Crippen molar-refractivity contribution in [1.29, 1.82) is 0 Å². The summed E-state index contributed by atoms with van der Waals surface area (Å²) in [6.45, 7) is 2.24. The molecule has 5 nitrogen and oxygen atoms in total. The van der Waals surface area contributed by atoms with Gasteiger partial charge in [0.2, 0.25) is 0 Å². The number of halogens is 1. The summed E-state index contributed by atoms with van der Waals surface area (Å²) in [6, 6.07) is -0.661. The van der Waals surface area contributed by atoms with Crippen LogP contribution in [0.15, 0.2) is 4.99 Å². The second-order valence-corrected chi connectivity index (χ2v) is 2.84. The Morgan fingerprint density at radius 1 is 1.64 bits per heavy atom. The number of thiol groups is 1. The molecule has 0 spiro atoms. The Labute approximate surface area is 95.1 Å². The van der Waals surface area contributed by atoms with E-state index in [1.54, 1.807) is 6.92 Å². The number of carbonyl (C=O) groups is 1. The highest BCUT2D eigenvalue weighted by Gasteiger charge is 2.11. The average Bonchev–Trinajstić information content (AvgIpc) is 2.10. The first-order valence-electron chi connectivity index (χ1n) is 3.87. The van der Waals surface area contributed by atoms with Crippen LogP contribution in [0.5, 0.6) is 0 Å². The number of rotatable bonds is 5. The zero-order valence-electron chi connectivity index (χ0n) is 7.97. The van der Waals surface area contributed by atoms with Crippen LogP contribution < -0.4 is 11.5 Å². The van der Waals surface area contributed by atoms with Gasteiger partial charge in [-0.25, -0.2) is 0 Å². The van der Waals surface area contributed by atoms with E-state index in [9.17, 15) is 4.79 Å². The van der Waals surface area contributed by atoms with Gasteiger partial charge in [-0.3, -0.25) is 9.79 Å². The van der Waals surface area contributed by atoms with Crippen molar-refractivity contribution in [2.24, 2.45) is 16.5 Å². The molecule has 1 atom stereocenters. The molecule has 4 N–H and O–H groups in total. The third-order valence-corrected chi connectivity index (χ3v) is 1.59. The summed E-state index contributed by atoms with van der Waals surface area (Å²) in [5, 5.41) is 0. The van der Waals surface area contributed by atoms with Gasteiger partial charge in [0.1, 0.15) is 12.6 Å². The minimum absolute atomic E-state index is 0. The Balaban J connectivity index is 0. The molecule has 7 heteroatoms. The van der Waals surface area contributed by atoms with Gasteiger partial charge in [-0.2, -0.15) is 12.6 Å². The molecule has 0 aliphatic carbocycles. The Kier molecular flexibility index (Phi) is 10.4. The summed E-state index contributed by atoms with van der Waals surface area (Å²) in [6.07, 6.45) is 0. The molecule has 0 amide bonds. The van der Waals surface area contributed by atoms with Gasteiger partial charge in [-0.05, 0) is 6.92 Å². The summed E-state index contributed by atoms with van der Waals surface area (Å²) < 4.78 is 4.77. The number of esters is 1. The smallest absolute Gasteiger partial charge is 0.323 e. The maximum Gasteiger partial charge on any atom is 0.323 e. The fourth-order valence-corrected chi connectivity index (χ4v) is 0.699. The second-order valence-electron chi connectivity index (χ2n) is 2.48. The SMILES string of the molecule is CC(N)=NCCOC(=O)[C@@H](N)CS.Cl. The number of hydrogen-bond donors (Lipinski definition) is 3. The van der Waals surface area contributed by atoms with E-state index >= 15 is 0 Å². The van der Waals surface area contributed by atoms with Gasteiger partial charge in [0.05, 0.1) is 12.4 Å². The molecule has 0 bridgehead atoms. The van der Waals surface area contributed by atoms with Gasteiger partial charge in [-0.1, -0.05) is 0 Å². The molecule has 0 rings (SSSR count). The average molecular weight is 242 g/mol. The molecule has 0 radical (unpaired) electrons. The Morgan fingerprint density at radius 3 is 2.64 bits per heavy atom. The van der Waals surface area contributed by atoms with Crippen LogP contribution >= 0.6 is 25.0 Å². The Hall–Kier alpha value is -0.460. The van der Waals surface area contributed by atoms with Crippen LogP contribution in [-0.2, 0) is 9.53 Å². The van der Waals surface area contributed by atoms with Gasteiger partial charge < -0.3 is 16.2 Å². The van der Waals surface area contributed by atoms with Crippen molar-refractivity contribution in [3.63, 3.8) is 0 Å². The second kappa shape index (κ2) is 9.11. The zero-order valence-corrected chi connectivity index (χ0v) is 9.68. The quantitative estimate of drug-likeness (QED) is 0.201. The molecule has 0 aromatic heterocycles. The molecule has 0 heterocycles. The van der Waals surface area contributed by atoms with Crippen LogP contribution in [0.1, 0.15) is 6.92 Å². The van der Waals surface area contributed by atoms with Gasteiger partial charge >= 0.3 is 5.97 Å². The number of ether oxygens (including phenoxy) is 1. The predicted molar refractivity (Wildman–Crippen MR) is 62.2 cm³/mol. The summed E-state index contributed by atoms with van der Waals surface area (Å²) in [5.41, 5.74) is 10.6. The number of amidine groups is 1. The molecule has 0 unspecified atom stereocenters. The molecule has 0 saturated heterocycles. The third-order valence-electron chi connectivity index (χ3n) is 1.20. The molecular formula is C7H16ClN3O2S. The topological polar surface area (TPSA) is 90.7 Å². The van der Waals surface area contributed by atoms with Crippen molar-refractivity contribution in [1.82, 2.24) is 0 Å². The number of carbonyl (C=O) groups excluding carboxylic acids is 1. The van der Waals surface area contributed by atoms with Gasteiger partial charge in [0, 0.05) is 5.75 Å². The lowest BCUT2D eigenvalue weighted by atomic mass is 10.4. The van der Waals surface area contributed by atoms with Crippen molar-refractivity contribution in [3.05, 3.63) is 0 Å². The van der Waals surface area contributed by atoms with E-state index in [1.165, 1.54) is 0 Å². The van der Waals surface area contributed by atoms with Crippen molar-refractivity contribution in [3.8, 4) is 0 Å². The fraction of sp³-hybridized carbons (Fsp3) is 0.714. The minimum Gasteiger partial charge on any atom is -0.463 e. The fourth-order valence-electron chi connectivity index (χ4n) is 0.550. The van der Waals surface area contributed by atoms with E-state index in [2.05, 4.69) is 17.6 Å². The number of aliphatic imine (C=N–C) groups is 1. The van der Waals surface area contributed by atoms with Crippen molar-refractivity contribution >= 4 is 36.8 Å². The highest BCUT2D eigenvalue weighted by Crippen LogP contribution is 1.88. The van der Waals surface area contributed by atoms with E-state index in [-0.39, 0.29) is 24.8 Å². The first-order valence-corrected chi connectivity index (χ1v) is 4.50. The number of nitrogens with zero attached hydrogens (tertiary/aromatic N) is 1. The monoisotopic (exact) mass is 241 g/mol. The Bertz CT molecular complexity index is 197. The van der Waals surface area contributed by atoms with Crippen LogP contribution in [-0.4, -0.2) is 36.8 Å². The highest BCUT2D eigenvalue weighted by molar-refractivity contribution is 7.80. The summed E-state index contributed by atoms with van der Waals surface area (Å²) in [5.74, 6) is 0.285. The van der Waals surface area contributed by atoms with E-state index < -0.39 is 12.0 Å². The molecular weight excluding hydrogens is 226 g/mol. The van der Waals surface area contributed by atoms with Crippen LogP contribution in [0.3, 0.4) is 0 Å². The largest absolute Gasteiger partial charge is 0.463 e. The normalized spacial score (nSPS) is 12.9. The molecule has 14 heavy (non-hydrogen) atoms. The lowest BCUT2D eigenvalue weighted by molar-refractivity contribution is -0.144. The van der Waals surface area contributed by atoms with Gasteiger partial charge in [-0.15, -0.1) is 12.4 Å². The summed E-state index contributed by atoms with van der Waals surface area (Å²) in [4.78, 5) is 14.8. The van der Waals surface area contributed by atoms with Crippen LogP contribution in [0.25, 0.3) is 0 Å². The van der Waals surface area contributed by atoms with E-state index in [0.29, 0.717) is 12.4 Å². The standard InChI is InChI=1S/C7H15N3O2S.ClH/c1-5(8)10-2-3-12-7(11)6(9)4-13;/h6,13H,2-4,9H2,1H3,(H2,8,10);1H/t6-;/m0./s1. The number of nitrogens with two attached hydrogens (primary N) is 2. The Morgan fingerprint density at radius 2 is 2.21 bits per heavy atom. The lowest BCUT2D eigenvalue weighted by Gasteiger charge is -2.07. The molecule has 0 aromatic carbocycles. The van der Waals surface area contributed by atoms with Crippen LogP contribution in [0.2, 0.25) is 0 Å². The van der Waals surface area contributed by atoms with Gasteiger partial charge in [0.25, 0.3) is 0 Å². The van der Waals surface area contributed by atoms with Crippen molar-refractivity contribution < 1.29 is 9.53 Å². The van der Waals surface area contributed by atoms with Gasteiger partial charge in [0.15, 0.2) is 0 Å². The molecule has 0 aliphatic rings. The van der Waals surface area contributed by atoms with Crippen LogP contribution in [0, 0.1) is 0 Å². The van der Waals surface area contributed by atoms with E-state index in [1.807, 2.05) is 0 Å². The lowest BCUT2D eigenvalue weighted by Crippen LogP contribution is -2.34. The first kappa shape index (κ1) is 16.0. The minimum atomic E-state index is -0.661. The molecule has 0 saturated carbocycles. The van der Waals surface area contributed by atoms with Crippen molar-refractivity contribution in [2.45, 2.75) is 13.0 Å². The molecule has 0 aliphatic heterocycles. The predicted octanol–water partition coefficient (Wildman–Crippen LogP) is -0.414. The highest BCUT2D eigenvalue weighted by atomic mass is 35.5. The maximum atomic E-state index is 10.9. The van der Waals surface area contributed by atoms with Crippen LogP contribution in [0.4, 0.5) is 0 Å². The van der Waals surface area contributed by atoms with Crippen molar-refractivity contribution in [2.75, 3.05) is 18.9 Å². The third kappa shape index (κ3) is 8.15. The number of hydrogen-bond acceptors (Lipinski definition) is 5. The zero-order chi connectivity index (χ0) is 10.3. The maximum absolute atomic E-state index is 10.9. The molecule has 84 valence electrons. The van der Waals surface area contributed by atoms with E-state index in [4.69, 9.17) is 16.2 Å². The summed E-state index contributed by atoms with van der Waals surface area (Å²) in [7, 11) is 0. The van der Waals surface area contributed by atoms with E-state index in [0.717, 1.165) is 0 Å². The molecule has 0 fully saturated rings. The first-order chi connectivity index (χ1) is 6.07. The molecule has 0 aromatic rings. The summed E-state index contributed by atoms with van der Waals surface area (Å²) >= 11 is 3.86.